The molecule has 0 bridgehead atoms. The summed E-state index contributed by atoms with van der Waals surface area (Å²) in [7, 11) is 2.05. The Balaban J connectivity index is 1.50. The number of nitrogens with one attached hydrogen (secondary N) is 1. The summed E-state index contributed by atoms with van der Waals surface area (Å²) in [5.74, 6) is -0.318. The highest BCUT2D eigenvalue weighted by molar-refractivity contribution is 5.87. The van der Waals surface area contributed by atoms with E-state index in [1.807, 2.05) is 37.4 Å². The van der Waals surface area contributed by atoms with Gasteiger partial charge in [0.05, 0.1) is 5.56 Å². The van der Waals surface area contributed by atoms with Crippen LogP contribution in [-0.2, 0) is 19.4 Å². The van der Waals surface area contributed by atoms with Gasteiger partial charge in [0.15, 0.2) is 5.82 Å². The predicted octanol–water partition coefficient (Wildman–Crippen LogP) is 2.25. The molecule has 0 saturated heterocycles. The standard InChI is InChI=1S/C21H22N4O3/c1-24(13-14-5-7-15(8-6-14)21(27)28)16-9-10-18-17(12-16)20(26)25(23-18)19-4-2-3-11-22-19/h2-8,11,16,23H,9-10,12-13H2,1H3,(H,27,28). The minimum Gasteiger partial charge on any atom is -0.478 e. The third-order valence-electron chi connectivity index (χ3n) is 5.37. The van der Waals surface area contributed by atoms with Gasteiger partial charge in [-0.1, -0.05) is 18.2 Å². The Labute approximate surface area is 162 Å². The molecule has 28 heavy (non-hydrogen) atoms. The van der Waals surface area contributed by atoms with Crippen molar-refractivity contribution in [3.63, 3.8) is 0 Å². The number of hydrogen-bond acceptors (Lipinski definition) is 4. The van der Waals surface area contributed by atoms with E-state index in [1.54, 1.807) is 18.3 Å². The summed E-state index contributed by atoms with van der Waals surface area (Å²) in [4.78, 5) is 30.3. The summed E-state index contributed by atoms with van der Waals surface area (Å²) in [6.45, 7) is 0.707. The normalized spacial score (nSPS) is 16.1. The van der Waals surface area contributed by atoms with E-state index < -0.39 is 5.97 Å². The SMILES string of the molecule is CN(Cc1ccc(C(=O)O)cc1)C1CCc2[nH]n(-c3ccccn3)c(=O)c2C1. The van der Waals surface area contributed by atoms with Crippen LogP contribution in [-0.4, -0.2) is 43.8 Å². The van der Waals surface area contributed by atoms with Gasteiger partial charge in [-0.15, -0.1) is 0 Å². The number of benzene rings is 1. The summed E-state index contributed by atoms with van der Waals surface area (Å²) < 4.78 is 1.53. The van der Waals surface area contributed by atoms with Gasteiger partial charge < -0.3 is 5.11 Å². The van der Waals surface area contributed by atoms with E-state index in [9.17, 15) is 9.59 Å². The highest BCUT2D eigenvalue weighted by Gasteiger charge is 2.27. The van der Waals surface area contributed by atoms with Crippen LogP contribution in [0.5, 0.6) is 0 Å². The van der Waals surface area contributed by atoms with Gasteiger partial charge in [-0.3, -0.25) is 14.8 Å². The number of carbonyl (C=O) groups is 1. The molecule has 1 aromatic carbocycles. The molecule has 3 aromatic rings. The topological polar surface area (TPSA) is 91.2 Å². The lowest BCUT2D eigenvalue weighted by Crippen LogP contribution is -2.37. The summed E-state index contributed by atoms with van der Waals surface area (Å²) >= 11 is 0. The van der Waals surface area contributed by atoms with Crippen molar-refractivity contribution in [1.29, 1.82) is 0 Å². The first-order valence-corrected chi connectivity index (χ1v) is 9.29. The van der Waals surface area contributed by atoms with Gasteiger partial charge in [0.25, 0.3) is 5.56 Å². The number of nitrogens with zero attached hydrogens (tertiary/aromatic N) is 3. The molecule has 0 aliphatic heterocycles. The average molecular weight is 378 g/mol. The van der Waals surface area contributed by atoms with E-state index in [-0.39, 0.29) is 17.2 Å². The first-order valence-electron chi connectivity index (χ1n) is 9.29. The third-order valence-corrected chi connectivity index (χ3v) is 5.37. The Morgan fingerprint density at radius 3 is 2.75 bits per heavy atom. The Morgan fingerprint density at radius 2 is 2.07 bits per heavy atom. The number of rotatable bonds is 5. The smallest absolute Gasteiger partial charge is 0.335 e. The number of pyridine rings is 1. The molecule has 1 unspecified atom stereocenters. The fraction of sp³-hybridized carbons (Fsp3) is 0.286. The van der Waals surface area contributed by atoms with Crippen molar-refractivity contribution in [2.45, 2.75) is 31.8 Å². The molecular formula is C21H22N4O3. The number of carboxylic acids is 1. The van der Waals surface area contributed by atoms with Crippen LogP contribution in [0.4, 0.5) is 0 Å². The Kier molecular flexibility index (Phi) is 4.83. The van der Waals surface area contributed by atoms with Crippen molar-refractivity contribution in [1.82, 2.24) is 19.7 Å². The molecule has 1 aliphatic carbocycles. The van der Waals surface area contributed by atoms with E-state index in [2.05, 4.69) is 15.0 Å². The highest BCUT2D eigenvalue weighted by Crippen LogP contribution is 2.22. The molecule has 7 heteroatoms. The Hall–Kier alpha value is -3.19. The van der Waals surface area contributed by atoms with E-state index in [4.69, 9.17) is 5.11 Å². The van der Waals surface area contributed by atoms with Crippen molar-refractivity contribution < 1.29 is 9.90 Å². The minimum atomic E-state index is -0.920. The van der Waals surface area contributed by atoms with Gasteiger partial charge in [0, 0.05) is 30.0 Å². The molecule has 0 radical (unpaired) electrons. The van der Waals surface area contributed by atoms with Crippen molar-refractivity contribution in [2.75, 3.05) is 7.05 Å². The summed E-state index contributed by atoms with van der Waals surface area (Å²) in [5, 5.41) is 12.2. The van der Waals surface area contributed by atoms with E-state index in [1.165, 1.54) is 4.68 Å². The van der Waals surface area contributed by atoms with E-state index >= 15 is 0 Å². The van der Waals surface area contributed by atoms with Crippen molar-refractivity contribution in [3.8, 4) is 5.82 Å². The number of carboxylic acid groups (broad SMARTS) is 1. The highest BCUT2D eigenvalue weighted by atomic mass is 16.4. The number of H-pyrrole nitrogens is 1. The summed E-state index contributed by atoms with van der Waals surface area (Å²) in [5.41, 5.74) is 3.13. The molecule has 144 valence electrons. The zero-order chi connectivity index (χ0) is 19.7. The average Bonchev–Trinajstić information content (AvgIpc) is 3.05. The zero-order valence-corrected chi connectivity index (χ0v) is 15.6. The van der Waals surface area contributed by atoms with Gasteiger partial charge in [0.2, 0.25) is 0 Å². The van der Waals surface area contributed by atoms with Crippen LogP contribution in [0.1, 0.15) is 33.6 Å². The van der Waals surface area contributed by atoms with Crippen molar-refractivity contribution >= 4 is 5.97 Å². The van der Waals surface area contributed by atoms with Crippen LogP contribution in [0.25, 0.3) is 5.82 Å². The number of aromatic carboxylic acids is 1. The van der Waals surface area contributed by atoms with Gasteiger partial charge in [-0.25, -0.2) is 14.5 Å². The molecule has 0 fully saturated rings. The fourth-order valence-electron chi connectivity index (χ4n) is 3.78. The second-order valence-corrected chi connectivity index (χ2v) is 7.21. The van der Waals surface area contributed by atoms with Crippen LogP contribution >= 0.6 is 0 Å². The van der Waals surface area contributed by atoms with Crippen LogP contribution in [0.15, 0.2) is 53.5 Å². The van der Waals surface area contributed by atoms with Crippen molar-refractivity contribution in [3.05, 3.63) is 81.4 Å². The Bertz CT molecular complexity index is 1040. The quantitative estimate of drug-likeness (QED) is 0.711. The molecule has 0 saturated carbocycles. The molecule has 2 aromatic heterocycles. The van der Waals surface area contributed by atoms with Gasteiger partial charge in [-0.2, -0.15) is 0 Å². The Morgan fingerprint density at radius 1 is 1.29 bits per heavy atom. The molecule has 0 spiro atoms. The monoisotopic (exact) mass is 378 g/mol. The maximum atomic E-state index is 12.9. The maximum absolute atomic E-state index is 12.9. The number of likely N-dealkylation sites (N-methyl/N-ethyl adjacent to an activating group) is 1. The second kappa shape index (κ2) is 7.44. The predicted molar refractivity (Wildman–Crippen MR) is 105 cm³/mol. The lowest BCUT2D eigenvalue weighted by molar-refractivity contribution is 0.0697. The summed E-state index contributed by atoms with van der Waals surface area (Å²) in [6, 6.07) is 12.7. The molecule has 2 N–H and O–H groups in total. The fourth-order valence-corrected chi connectivity index (χ4v) is 3.78. The lowest BCUT2D eigenvalue weighted by Gasteiger charge is -2.30. The molecule has 1 atom stereocenters. The molecule has 4 rings (SSSR count). The van der Waals surface area contributed by atoms with Gasteiger partial charge >= 0.3 is 5.97 Å². The largest absolute Gasteiger partial charge is 0.478 e. The molecule has 0 amide bonds. The molecular weight excluding hydrogens is 356 g/mol. The third kappa shape index (κ3) is 3.48. The first-order chi connectivity index (χ1) is 13.5. The van der Waals surface area contributed by atoms with Crippen LogP contribution < -0.4 is 5.56 Å². The van der Waals surface area contributed by atoms with E-state index in [0.717, 1.165) is 29.7 Å². The number of aromatic amines is 1. The number of aromatic nitrogens is 3. The second-order valence-electron chi connectivity index (χ2n) is 7.21. The molecule has 7 nitrogen and oxygen atoms in total. The number of fused-ring (bicyclic) bond motifs is 1. The first kappa shape index (κ1) is 18.2. The number of aryl methyl sites for hydroxylation is 1. The molecule has 2 heterocycles. The van der Waals surface area contributed by atoms with Crippen LogP contribution in [0.3, 0.4) is 0 Å². The summed E-state index contributed by atoms with van der Waals surface area (Å²) in [6.07, 6.45) is 4.14. The molecule has 1 aliphatic rings. The maximum Gasteiger partial charge on any atom is 0.335 e. The van der Waals surface area contributed by atoms with Crippen LogP contribution in [0, 0.1) is 0 Å². The lowest BCUT2D eigenvalue weighted by atomic mass is 9.92. The van der Waals surface area contributed by atoms with Gasteiger partial charge in [-0.05, 0) is 56.1 Å². The van der Waals surface area contributed by atoms with Gasteiger partial charge in [0.1, 0.15) is 0 Å². The number of hydrogen-bond donors (Lipinski definition) is 2. The zero-order valence-electron chi connectivity index (χ0n) is 15.6. The van der Waals surface area contributed by atoms with Crippen molar-refractivity contribution in [2.24, 2.45) is 0 Å². The minimum absolute atomic E-state index is 0.0300. The van der Waals surface area contributed by atoms with Crippen LogP contribution in [0.2, 0.25) is 0 Å². The van der Waals surface area contributed by atoms with E-state index in [0.29, 0.717) is 18.8 Å².